The Morgan fingerprint density at radius 1 is 1.13 bits per heavy atom. The first kappa shape index (κ1) is 20.9. The largest absolute Gasteiger partial charge is 0.497 e. The van der Waals surface area contributed by atoms with Gasteiger partial charge in [-0.3, -0.25) is 9.78 Å². The molecule has 0 spiro atoms. The molecule has 1 saturated heterocycles. The predicted molar refractivity (Wildman–Crippen MR) is 118 cm³/mol. The fourth-order valence-corrected chi connectivity index (χ4v) is 4.14. The molecule has 1 unspecified atom stereocenters. The number of pyridine rings is 1. The molecule has 4 rings (SSSR count). The maximum atomic E-state index is 13.1. The van der Waals surface area contributed by atoms with Gasteiger partial charge in [0.25, 0.3) is 5.91 Å². The van der Waals surface area contributed by atoms with Crippen molar-refractivity contribution in [1.82, 2.24) is 9.88 Å². The molecule has 1 amide bonds. The van der Waals surface area contributed by atoms with Crippen LogP contribution in [0.4, 0.5) is 0 Å². The summed E-state index contributed by atoms with van der Waals surface area (Å²) in [5.41, 5.74) is 3.23. The highest BCUT2D eigenvalue weighted by Crippen LogP contribution is 2.36. The van der Waals surface area contributed by atoms with Gasteiger partial charge in [-0.25, -0.2) is 4.79 Å². The number of nitrogens with zero attached hydrogens (tertiary/aromatic N) is 2. The second kappa shape index (κ2) is 8.78. The second-order valence-electron chi connectivity index (χ2n) is 7.33. The minimum absolute atomic E-state index is 0.328. The van der Waals surface area contributed by atoms with E-state index >= 15 is 0 Å². The van der Waals surface area contributed by atoms with Crippen molar-refractivity contribution in [3.8, 4) is 28.1 Å². The number of rotatable bonds is 5. The number of ether oxygens (including phenoxy) is 1. The Hall–Kier alpha value is -3.38. The quantitative estimate of drug-likeness (QED) is 0.623. The SMILES string of the molecule is COc1cccc(-c2ncc(C(=O)N3CCCC3C(=O)O)cc2-c2ccccc2Cl)c1. The van der Waals surface area contributed by atoms with Gasteiger partial charge >= 0.3 is 5.97 Å². The Morgan fingerprint density at radius 3 is 2.68 bits per heavy atom. The molecule has 6 nitrogen and oxygen atoms in total. The lowest BCUT2D eigenvalue weighted by Crippen LogP contribution is -2.40. The van der Waals surface area contributed by atoms with Gasteiger partial charge in [-0.1, -0.05) is 41.9 Å². The van der Waals surface area contributed by atoms with Gasteiger partial charge < -0.3 is 14.7 Å². The highest BCUT2D eigenvalue weighted by Gasteiger charge is 2.34. The van der Waals surface area contributed by atoms with Crippen LogP contribution in [-0.2, 0) is 4.79 Å². The standard InChI is InChI=1S/C24H21ClN2O4/c1-31-17-7-4-6-15(12-17)22-19(18-8-2-3-9-20(18)25)13-16(14-26-22)23(28)27-11-5-10-21(27)24(29)30/h2-4,6-9,12-14,21H,5,10-11H2,1H3,(H,29,30). The normalized spacial score (nSPS) is 15.7. The van der Waals surface area contributed by atoms with Crippen molar-refractivity contribution in [3.63, 3.8) is 0 Å². The first-order valence-electron chi connectivity index (χ1n) is 9.92. The van der Waals surface area contributed by atoms with E-state index in [1.165, 1.54) is 11.1 Å². The molecule has 0 saturated carbocycles. The summed E-state index contributed by atoms with van der Waals surface area (Å²) in [6, 6.07) is 15.8. The van der Waals surface area contributed by atoms with Crippen molar-refractivity contribution in [3.05, 3.63) is 71.4 Å². The van der Waals surface area contributed by atoms with E-state index < -0.39 is 12.0 Å². The average Bonchev–Trinajstić information content (AvgIpc) is 3.29. The summed E-state index contributed by atoms with van der Waals surface area (Å²) in [5, 5.41) is 9.98. The van der Waals surface area contributed by atoms with Crippen molar-refractivity contribution in [2.45, 2.75) is 18.9 Å². The van der Waals surface area contributed by atoms with Crippen LogP contribution in [0.3, 0.4) is 0 Å². The lowest BCUT2D eigenvalue weighted by Gasteiger charge is -2.22. The summed E-state index contributed by atoms with van der Waals surface area (Å²) in [7, 11) is 1.60. The third-order valence-electron chi connectivity index (χ3n) is 5.44. The summed E-state index contributed by atoms with van der Waals surface area (Å²) in [6.45, 7) is 0.412. The van der Waals surface area contributed by atoms with Crippen molar-refractivity contribution in [2.75, 3.05) is 13.7 Å². The van der Waals surface area contributed by atoms with Crippen LogP contribution >= 0.6 is 11.6 Å². The monoisotopic (exact) mass is 436 g/mol. The van der Waals surface area contributed by atoms with Crippen molar-refractivity contribution in [1.29, 1.82) is 0 Å². The maximum Gasteiger partial charge on any atom is 0.326 e. The van der Waals surface area contributed by atoms with E-state index in [0.29, 0.717) is 47.0 Å². The minimum Gasteiger partial charge on any atom is -0.497 e. The number of carboxylic acids is 1. The van der Waals surface area contributed by atoms with Crippen LogP contribution in [0.25, 0.3) is 22.4 Å². The predicted octanol–water partition coefficient (Wildman–Crippen LogP) is 4.77. The Morgan fingerprint density at radius 2 is 1.94 bits per heavy atom. The molecular formula is C24H21ClN2O4. The highest BCUT2D eigenvalue weighted by molar-refractivity contribution is 6.33. The first-order chi connectivity index (χ1) is 15.0. The molecule has 1 N–H and O–H groups in total. The third kappa shape index (κ3) is 4.11. The number of hydrogen-bond donors (Lipinski definition) is 1. The number of carbonyl (C=O) groups excluding carboxylic acids is 1. The number of likely N-dealkylation sites (tertiary alicyclic amines) is 1. The van der Waals surface area contributed by atoms with E-state index in [1.807, 2.05) is 42.5 Å². The zero-order valence-corrected chi connectivity index (χ0v) is 17.7. The van der Waals surface area contributed by atoms with E-state index in [2.05, 4.69) is 4.98 Å². The Balaban J connectivity index is 1.83. The molecule has 3 aromatic rings. The fraction of sp³-hybridized carbons (Fsp3) is 0.208. The number of aromatic nitrogens is 1. The summed E-state index contributed by atoms with van der Waals surface area (Å²) < 4.78 is 5.34. The number of hydrogen-bond acceptors (Lipinski definition) is 4. The summed E-state index contributed by atoms with van der Waals surface area (Å²) in [4.78, 5) is 30.7. The van der Waals surface area contributed by atoms with Gasteiger partial charge in [0, 0.05) is 34.5 Å². The molecule has 2 heterocycles. The average molecular weight is 437 g/mol. The van der Waals surface area contributed by atoms with Gasteiger partial charge in [0.2, 0.25) is 0 Å². The lowest BCUT2D eigenvalue weighted by molar-refractivity contribution is -0.141. The molecule has 7 heteroatoms. The molecule has 2 aromatic carbocycles. The Kier molecular flexibility index (Phi) is 5.91. The number of benzene rings is 2. The van der Waals surface area contributed by atoms with Crippen LogP contribution in [0.15, 0.2) is 60.8 Å². The molecule has 31 heavy (non-hydrogen) atoms. The van der Waals surface area contributed by atoms with E-state index in [0.717, 1.165) is 11.1 Å². The summed E-state index contributed by atoms with van der Waals surface area (Å²) in [5.74, 6) is -0.646. The first-order valence-corrected chi connectivity index (χ1v) is 10.3. The number of carboxylic acid groups (broad SMARTS) is 1. The molecule has 158 valence electrons. The maximum absolute atomic E-state index is 13.1. The topological polar surface area (TPSA) is 79.7 Å². The van der Waals surface area contributed by atoms with E-state index in [9.17, 15) is 14.7 Å². The van der Waals surface area contributed by atoms with E-state index in [1.54, 1.807) is 19.2 Å². The van der Waals surface area contributed by atoms with Gasteiger partial charge in [-0.15, -0.1) is 0 Å². The molecule has 1 aliphatic rings. The van der Waals surface area contributed by atoms with Crippen molar-refractivity contribution >= 4 is 23.5 Å². The van der Waals surface area contributed by atoms with Crippen LogP contribution in [0.5, 0.6) is 5.75 Å². The molecule has 0 radical (unpaired) electrons. The molecule has 1 fully saturated rings. The van der Waals surface area contributed by atoms with Gasteiger partial charge in [-0.05, 0) is 37.1 Å². The molecule has 0 aliphatic carbocycles. The zero-order chi connectivity index (χ0) is 22.0. The smallest absolute Gasteiger partial charge is 0.326 e. The van der Waals surface area contributed by atoms with Crippen LogP contribution in [0, 0.1) is 0 Å². The van der Waals surface area contributed by atoms with E-state index in [4.69, 9.17) is 16.3 Å². The minimum atomic E-state index is -0.988. The van der Waals surface area contributed by atoms with Gasteiger partial charge in [0.1, 0.15) is 11.8 Å². The molecule has 1 aliphatic heterocycles. The fourth-order valence-electron chi connectivity index (χ4n) is 3.90. The summed E-state index contributed by atoms with van der Waals surface area (Å²) >= 11 is 6.47. The third-order valence-corrected chi connectivity index (χ3v) is 5.77. The van der Waals surface area contributed by atoms with E-state index in [-0.39, 0.29) is 5.91 Å². The van der Waals surface area contributed by atoms with Gasteiger partial charge in [-0.2, -0.15) is 0 Å². The molecule has 0 bridgehead atoms. The number of aliphatic carboxylic acids is 1. The van der Waals surface area contributed by atoms with Crippen LogP contribution < -0.4 is 4.74 Å². The Labute approximate surface area is 185 Å². The Bertz CT molecular complexity index is 1150. The van der Waals surface area contributed by atoms with Crippen LogP contribution in [0.2, 0.25) is 5.02 Å². The molecule has 1 aromatic heterocycles. The van der Waals surface area contributed by atoms with Crippen molar-refractivity contribution in [2.24, 2.45) is 0 Å². The lowest BCUT2D eigenvalue weighted by atomic mass is 9.97. The van der Waals surface area contributed by atoms with Crippen LogP contribution in [-0.4, -0.2) is 46.6 Å². The number of carbonyl (C=O) groups is 2. The second-order valence-corrected chi connectivity index (χ2v) is 7.73. The molecular weight excluding hydrogens is 416 g/mol. The summed E-state index contributed by atoms with van der Waals surface area (Å²) in [6.07, 6.45) is 2.61. The number of amides is 1. The molecule has 1 atom stereocenters. The van der Waals surface area contributed by atoms with Crippen molar-refractivity contribution < 1.29 is 19.4 Å². The van der Waals surface area contributed by atoms with Gasteiger partial charge in [0.15, 0.2) is 0 Å². The number of methoxy groups -OCH3 is 1. The van der Waals surface area contributed by atoms with Gasteiger partial charge in [0.05, 0.1) is 18.4 Å². The van der Waals surface area contributed by atoms with Crippen LogP contribution in [0.1, 0.15) is 23.2 Å². The number of halogens is 1. The zero-order valence-electron chi connectivity index (χ0n) is 16.9. The highest BCUT2D eigenvalue weighted by atomic mass is 35.5.